The van der Waals surface area contributed by atoms with Crippen LogP contribution in [0.4, 0.5) is 4.39 Å². The van der Waals surface area contributed by atoms with Gasteiger partial charge in [-0.05, 0) is 55.2 Å². The molecule has 2 fully saturated rings. The smallest absolute Gasteiger partial charge is 0.256 e. The van der Waals surface area contributed by atoms with Gasteiger partial charge < -0.3 is 20.1 Å². The molecule has 1 amide bonds. The van der Waals surface area contributed by atoms with Crippen LogP contribution in [0.2, 0.25) is 0 Å². The second-order valence-electron chi connectivity index (χ2n) is 8.44. The van der Waals surface area contributed by atoms with Gasteiger partial charge in [0, 0.05) is 31.7 Å². The predicted octanol–water partition coefficient (Wildman–Crippen LogP) is 2.71. The van der Waals surface area contributed by atoms with Crippen LogP contribution in [0.3, 0.4) is 0 Å². The molecule has 0 radical (unpaired) electrons. The van der Waals surface area contributed by atoms with Crippen LogP contribution in [0.15, 0.2) is 18.2 Å². The van der Waals surface area contributed by atoms with Crippen LogP contribution in [-0.4, -0.2) is 48.3 Å². The number of piperidine rings is 1. The summed E-state index contributed by atoms with van der Waals surface area (Å²) >= 11 is 0. The molecule has 6 heteroatoms. The van der Waals surface area contributed by atoms with Crippen LogP contribution in [-0.2, 0) is 11.3 Å². The summed E-state index contributed by atoms with van der Waals surface area (Å²) in [6.07, 6.45) is 3.53. The number of halogens is 1. The topological polar surface area (TPSA) is 61.8 Å². The van der Waals surface area contributed by atoms with Crippen molar-refractivity contribution in [3.8, 4) is 5.75 Å². The Morgan fingerprint density at radius 1 is 1.30 bits per heavy atom. The highest BCUT2D eigenvalue weighted by Crippen LogP contribution is 2.51. The third kappa shape index (κ3) is 4.27. The number of amides is 1. The standard InChI is InChI=1S/C21H31FN2O3/c1-15(2)20(8-9-20)13-23-14-21(26)7-4-10-24(19(21)25)12-16-11-17(27-3)5-6-18(16)22/h5-6,11,15,23,26H,4,7-10,12-14H2,1-3H3/t21-/m0/s1. The highest BCUT2D eigenvalue weighted by Gasteiger charge is 2.46. The Bertz CT molecular complexity index is 690. The quantitative estimate of drug-likeness (QED) is 0.730. The number of carbonyl (C=O) groups is 1. The van der Waals surface area contributed by atoms with Crippen LogP contribution in [0.25, 0.3) is 0 Å². The van der Waals surface area contributed by atoms with Crippen LogP contribution in [0.5, 0.6) is 5.75 Å². The Kier molecular flexibility index (Phi) is 5.77. The third-order valence-corrected chi connectivity index (χ3v) is 6.33. The first kappa shape index (κ1) is 20.1. The lowest BCUT2D eigenvalue weighted by Crippen LogP contribution is -2.58. The molecule has 5 nitrogen and oxygen atoms in total. The van der Waals surface area contributed by atoms with Gasteiger partial charge in [0.2, 0.25) is 0 Å². The molecule has 1 saturated carbocycles. The van der Waals surface area contributed by atoms with Crippen LogP contribution < -0.4 is 10.1 Å². The van der Waals surface area contributed by atoms with Gasteiger partial charge in [0.15, 0.2) is 5.60 Å². The van der Waals surface area contributed by atoms with E-state index in [0.29, 0.717) is 42.0 Å². The summed E-state index contributed by atoms with van der Waals surface area (Å²) in [4.78, 5) is 14.5. The summed E-state index contributed by atoms with van der Waals surface area (Å²) in [5.41, 5.74) is -0.699. The SMILES string of the molecule is COc1ccc(F)c(CN2CCC[C@](O)(CNCC3(C(C)C)CC3)C2=O)c1. The molecule has 0 aromatic heterocycles. The largest absolute Gasteiger partial charge is 0.497 e. The minimum Gasteiger partial charge on any atom is -0.497 e. The van der Waals surface area contributed by atoms with E-state index in [1.807, 2.05) is 0 Å². The Morgan fingerprint density at radius 2 is 2.04 bits per heavy atom. The van der Waals surface area contributed by atoms with Gasteiger partial charge in [-0.3, -0.25) is 4.79 Å². The van der Waals surface area contributed by atoms with Crippen molar-refractivity contribution in [1.82, 2.24) is 10.2 Å². The average molecular weight is 378 g/mol. The monoisotopic (exact) mass is 378 g/mol. The summed E-state index contributed by atoms with van der Waals surface area (Å²) in [5, 5.41) is 14.3. The maximum absolute atomic E-state index is 14.1. The number of methoxy groups -OCH3 is 1. The molecule has 2 aliphatic rings. The minimum atomic E-state index is -1.42. The lowest BCUT2D eigenvalue weighted by Gasteiger charge is -2.39. The van der Waals surface area contributed by atoms with Crippen LogP contribution >= 0.6 is 0 Å². The first-order chi connectivity index (χ1) is 12.8. The van der Waals surface area contributed by atoms with Crippen molar-refractivity contribution >= 4 is 5.91 Å². The molecule has 1 aliphatic carbocycles. The van der Waals surface area contributed by atoms with Gasteiger partial charge in [0.05, 0.1) is 7.11 Å². The molecule has 1 aromatic rings. The van der Waals surface area contributed by atoms with Gasteiger partial charge in [-0.2, -0.15) is 0 Å². The zero-order valence-electron chi connectivity index (χ0n) is 16.6. The van der Waals surface area contributed by atoms with E-state index in [2.05, 4.69) is 19.2 Å². The summed E-state index contributed by atoms with van der Waals surface area (Å²) in [6, 6.07) is 4.50. The van der Waals surface area contributed by atoms with Gasteiger partial charge in [-0.15, -0.1) is 0 Å². The summed E-state index contributed by atoms with van der Waals surface area (Å²) < 4.78 is 19.3. The number of aliphatic hydroxyl groups is 1. The molecule has 0 unspecified atom stereocenters. The second-order valence-corrected chi connectivity index (χ2v) is 8.44. The summed E-state index contributed by atoms with van der Waals surface area (Å²) in [6.45, 7) is 6.18. The van der Waals surface area contributed by atoms with E-state index in [4.69, 9.17) is 4.74 Å². The lowest BCUT2D eigenvalue weighted by molar-refractivity contribution is -0.157. The molecule has 2 N–H and O–H groups in total. The Balaban J connectivity index is 1.63. The summed E-state index contributed by atoms with van der Waals surface area (Å²) in [7, 11) is 1.53. The third-order valence-electron chi connectivity index (χ3n) is 6.33. The van der Waals surface area contributed by atoms with Crippen LogP contribution in [0.1, 0.15) is 45.1 Å². The average Bonchev–Trinajstić information content (AvgIpc) is 3.42. The maximum Gasteiger partial charge on any atom is 0.256 e. The molecule has 27 heavy (non-hydrogen) atoms. The van der Waals surface area contributed by atoms with Gasteiger partial charge in [0.1, 0.15) is 11.6 Å². The van der Waals surface area contributed by atoms with Crippen molar-refractivity contribution in [2.45, 2.75) is 51.7 Å². The number of ether oxygens (including phenoxy) is 1. The molecule has 1 saturated heterocycles. The fourth-order valence-corrected chi connectivity index (χ4v) is 4.02. The molecule has 150 valence electrons. The van der Waals surface area contributed by atoms with Gasteiger partial charge in [0.25, 0.3) is 5.91 Å². The number of nitrogens with one attached hydrogen (secondary N) is 1. The first-order valence-corrected chi connectivity index (χ1v) is 9.84. The fourth-order valence-electron chi connectivity index (χ4n) is 4.02. The zero-order valence-corrected chi connectivity index (χ0v) is 16.6. The Hall–Kier alpha value is -1.66. The molecule has 1 aromatic carbocycles. The number of carbonyl (C=O) groups excluding carboxylic acids is 1. The number of hydrogen-bond donors (Lipinski definition) is 2. The maximum atomic E-state index is 14.1. The number of nitrogens with zero attached hydrogens (tertiary/aromatic N) is 1. The number of rotatable bonds is 8. The van der Waals surface area contributed by atoms with E-state index in [-0.39, 0.29) is 24.8 Å². The predicted molar refractivity (Wildman–Crippen MR) is 102 cm³/mol. The van der Waals surface area contributed by atoms with E-state index >= 15 is 0 Å². The zero-order chi connectivity index (χ0) is 19.7. The number of hydrogen-bond acceptors (Lipinski definition) is 4. The van der Waals surface area contributed by atoms with E-state index in [0.717, 1.165) is 6.54 Å². The summed E-state index contributed by atoms with van der Waals surface area (Å²) in [5.74, 6) is 0.451. The highest BCUT2D eigenvalue weighted by molar-refractivity contribution is 5.86. The first-order valence-electron chi connectivity index (χ1n) is 9.84. The fraction of sp³-hybridized carbons (Fsp3) is 0.667. The van der Waals surface area contributed by atoms with Gasteiger partial charge in [-0.1, -0.05) is 13.8 Å². The molecular weight excluding hydrogens is 347 g/mol. The second kappa shape index (κ2) is 7.76. The molecular formula is C21H31FN2O3. The number of benzene rings is 1. The normalized spacial score (nSPS) is 24.4. The van der Waals surface area contributed by atoms with Crippen molar-refractivity contribution in [2.75, 3.05) is 26.7 Å². The molecule has 0 spiro atoms. The molecule has 0 bridgehead atoms. The van der Waals surface area contributed by atoms with Crippen LogP contribution in [0, 0.1) is 17.2 Å². The lowest BCUT2D eigenvalue weighted by atomic mass is 9.89. The van der Waals surface area contributed by atoms with E-state index in [1.54, 1.807) is 17.0 Å². The minimum absolute atomic E-state index is 0.139. The van der Waals surface area contributed by atoms with E-state index < -0.39 is 5.60 Å². The van der Waals surface area contributed by atoms with E-state index in [9.17, 15) is 14.3 Å². The van der Waals surface area contributed by atoms with Crippen molar-refractivity contribution < 1.29 is 19.0 Å². The molecule has 3 rings (SSSR count). The van der Waals surface area contributed by atoms with Gasteiger partial charge in [-0.25, -0.2) is 4.39 Å². The van der Waals surface area contributed by atoms with Crippen molar-refractivity contribution in [3.63, 3.8) is 0 Å². The highest BCUT2D eigenvalue weighted by atomic mass is 19.1. The van der Waals surface area contributed by atoms with E-state index in [1.165, 1.54) is 26.0 Å². The van der Waals surface area contributed by atoms with Crippen molar-refractivity contribution in [2.24, 2.45) is 11.3 Å². The molecule has 1 aliphatic heterocycles. The molecule has 1 atom stereocenters. The number of likely N-dealkylation sites (tertiary alicyclic amines) is 1. The van der Waals surface area contributed by atoms with Crippen molar-refractivity contribution in [3.05, 3.63) is 29.6 Å². The van der Waals surface area contributed by atoms with Crippen molar-refractivity contribution in [1.29, 1.82) is 0 Å². The Morgan fingerprint density at radius 3 is 2.67 bits per heavy atom. The molecule has 1 heterocycles. The Labute approximate surface area is 160 Å². The van der Waals surface area contributed by atoms with Gasteiger partial charge >= 0.3 is 0 Å².